The second-order valence-corrected chi connectivity index (χ2v) is 5.29. The van der Waals surface area contributed by atoms with Crippen LogP contribution in [-0.4, -0.2) is 28.4 Å². The van der Waals surface area contributed by atoms with Crippen molar-refractivity contribution in [1.29, 1.82) is 0 Å². The zero-order valence-electron chi connectivity index (χ0n) is 10.3. The average Bonchev–Trinajstić information content (AvgIpc) is 2.78. The molecule has 0 radical (unpaired) electrons. The van der Waals surface area contributed by atoms with Gasteiger partial charge in [0.1, 0.15) is 0 Å². The number of aromatic nitrogens is 2. The van der Waals surface area contributed by atoms with Crippen molar-refractivity contribution in [2.75, 3.05) is 7.11 Å². The van der Waals surface area contributed by atoms with Gasteiger partial charge in [-0.3, -0.25) is 4.79 Å². The van der Waals surface area contributed by atoms with E-state index in [1.54, 1.807) is 12.1 Å². The number of carbonyl (C=O) groups is 2. The predicted molar refractivity (Wildman–Crippen MR) is 72.3 cm³/mol. The van der Waals surface area contributed by atoms with E-state index in [0.29, 0.717) is 23.3 Å². The molecule has 0 unspecified atom stereocenters. The third kappa shape index (κ3) is 1.87. The minimum atomic E-state index is -0.417. The predicted octanol–water partition coefficient (Wildman–Crippen LogP) is 2.56. The van der Waals surface area contributed by atoms with Crippen LogP contribution in [0.25, 0.3) is 11.0 Å². The summed E-state index contributed by atoms with van der Waals surface area (Å²) in [5.41, 5.74) is 1.92. The molecule has 0 atom stereocenters. The second-order valence-electron chi connectivity index (χ2n) is 4.43. The molecule has 6 heteroatoms. The Kier molecular flexibility index (Phi) is 2.89. The molecular formula is C13H11BrN2O3. The van der Waals surface area contributed by atoms with E-state index in [1.165, 1.54) is 7.11 Å². The van der Waals surface area contributed by atoms with Crippen LogP contribution in [0.2, 0.25) is 0 Å². The number of esters is 1. The summed E-state index contributed by atoms with van der Waals surface area (Å²) in [5, 5.41) is 0. The van der Waals surface area contributed by atoms with Gasteiger partial charge in [0.15, 0.2) is 11.6 Å². The molecule has 0 amide bonds. The van der Waals surface area contributed by atoms with Gasteiger partial charge >= 0.3 is 5.97 Å². The molecule has 1 aromatic carbocycles. The van der Waals surface area contributed by atoms with Crippen molar-refractivity contribution >= 4 is 38.7 Å². The Morgan fingerprint density at radius 3 is 3.00 bits per heavy atom. The largest absolute Gasteiger partial charge is 0.465 e. The Morgan fingerprint density at radius 2 is 2.26 bits per heavy atom. The summed E-state index contributed by atoms with van der Waals surface area (Å²) in [6.07, 6.45) is 1.35. The minimum absolute atomic E-state index is 0.0500. The SMILES string of the molecule is COC(=O)c1cc(Br)c2c(c1)nc1n2CCCC1=O. The van der Waals surface area contributed by atoms with Gasteiger partial charge in [0.05, 0.1) is 23.7 Å². The number of halogens is 1. The van der Waals surface area contributed by atoms with Crippen LogP contribution in [0.3, 0.4) is 0 Å². The smallest absolute Gasteiger partial charge is 0.337 e. The summed E-state index contributed by atoms with van der Waals surface area (Å²) in [7, 11) is 1.34. The highest BCUT2D eigenvalue weighted by molar-refractivity contribution is 9.10. The van der Waals surface area contributed by atoms with Crippen molar-refractivity contribution in [1.82, 2.24) is 9.55 Å². The summed E-state index contributed by atoms with van der Waals surface area (Å²) >= 11 is 3.44. The normalized spacial score (nSPS) is 14.5. The Labute approximate surface area is 117 Å². The topological polar surface area (TPSA) is 61.2 Å². The van der Waals surface area contributed by atoms with Crippen LogP contribution < -0.4 is 0 Å². The molecule has 2 aromatic rings. The molecule has 1 aliphatic heterocycles. The summed E-state index contributed by atoms with van der Waals surface area (Å²) in [4.78, 5) is 27.8. The van der Waals surface area contributed by atoms with Gasteiger partial charge in [0, 0.05) is 17.4 Å². The first kappa shape index (κ1) is 12.3. The molecule has 98 valence electrons. The molecule has 0 saturated carbocycles. The Hall–Kier alpha value is -1.69. The van der Waals surface area contributed by atoms with E-state index in [1.807, 2.05) is 4.57 Å². The van der Waals surface area contributed by atoms with Gasteiger partial charge in [-0.1, -0.05) is 0 Å². The van der Waals surface area contributed by atoms with E-state index in [0.717, 1.165) is 23.0 Å². The Bertz CT molecular complexity index is 705. The van der Waals surface area contributed by atoms with E-state index in [4.69, 9.17) is 4.74 Å². The van der Waals surface area contributed by atoms with Gasteiger partial charge in [-0.05, 0) is 34.5 Å². The number of ketones is 1. The van der Waals surface area contributed by atoms with Crippen molar-refractivity contribution in [3.05, 3.63) is 28.0 Å². The Morgan fingerprint density at radius 1 is 1.47 bits per heavy atom. The number of hydrogen-bond donors (Lipinski definition) is 0. The average molecular weight is 323 g/mol. The maximum Gasteiger partial charge on any atom is 0.337 e. The number of imidazole rings is 1. The molecule has 19 heavy (non-hydrogen) atoms. The van der Waals surface area contributed by atoms with E-state index >= 15 is 0 Å². The quantitative estimate of drug-likeness (QED) is 0.757. The fraction of sp³-hybridized carbons (Fsp3) is 0.308. The summed E-state index contributed by atoms with van der Waals surface area (Å²) in [6.45, 7) is 0.772. The first-order valence-electron chi connectivity index (χ1n) is 5.93. The van der Waals surface area contributed by atoms with Crippen LogP contribution in [-0.2, 0) is 11.3 Å². The number of aryl methyl sites for hydroxylation is 1. The van der Waals surface area contributed by atoms with Crippen molar-refractivity contribution in [3.63, 3.8) is 0 Å². The zero-order valence-corrected chi connectivity index (χ0v) is 11.9. The zero-order chi connectivity index (χ0) is 13.6. The van der Waals surface area contributed by atoms with Crippen LogP contribution in [0.15, 0.2) is 16.6 Å². The molecule has 0 N–H and O–H groups in total. The number of Topliss-reactive ketones (excluding diaryl/α,β-unsaturated/α-hetero) is 1. The lowest BCUT2D eigenvalue weighted by Gasteiger charge is -2.13. The summed E-state index contributed by atoms with van der Waals surface area (Å²) in [5.74, 6) is 0.109. The lowest BCUT2D eigenvalue weighted by atomic mass is 10.1. The molecule has 2 heterocycles. The van der Waals surface area contributed by atoms with Gasteiger partial charge in [-0.15, -0.1) is 0 Å². The maximum absolute atomic E-state index is 11.9. The monoisotopic (exact) mass is 322 g/mol. The van der Waals surface area contributed by atoms with Gasteiger partial charge in [-0.2, -0.15) is 0 Å². The molecule has 0 fully saturated rings. The highest BCUT2D eigenvalue weighted by atomic mass is 79.9. The van der Waals surface area contributed by atoms with E-state index < -0.39 is 5.97 Å². The van der Waals surface area contributed by atoms with Gasteiger partial charge < -0.3 is 9.30 Å². The number of methoxy groups -OCH3 is 1. The number of benzene rings is 1. The lowest BCUT2D eigenvalue weighted by Crippen LogP contribution is -2.17. The van der Waals surface area contributed by atoms with E-state index in [9.17, 15) is 9.59 Å². The molecule has 0 spiro atoms. The molecular weight excluding hydrogens is 312 g/mol. The summed E-state index contributed by atoms with van der Waals surface area (Å²) < 4.78 is 7.36. The molecule has 5 nitrogen and oxygen atoms in total. The van der Waals surface area contributed by atoms with E-state index in [2.05, 4.69) is 20.9 Å². The molecule has 0 saturated heterocycles. The highest BCUT2D eigenvalue weighted by Gasteiger charge is 2.23. The van der Waals surface area contributed by atoms with Crippen LogP contribution in [0.1, 0.15) is 33.8 Å². The van der Waals surface area contributed by atoms with Crippen LogP contribution in [0.4, 0.5) is 0 Å². The number of fused-ring (bicyclic) bond motifs is 3. The van der Waals surface area contributed by atoms with Gasteiger partial charge in [0.2, 0.25) is 0 Å². The van der Waals surface area contributed by atoms with Crippen LogP contribution in [0, 0.1) is 0 Å². The van der Waals surface area contributed by atoms with E-state index in [-0.39, 0.29) is 5.78 Å². The minimum Gasteiger partial charge on any atom is -0.465 e. The molecule has 1 aliphatic rings. The van der Waals surface area contributed by atoms with Crippen LogP contribution in [0.5, 0.6) is 0 Å². The Balaban J connectivity index is 2.27. The van der Waals surface area contributed by atoms with Crippen molar-refractivity contribution in [2.24, 2.45) is 0 Å². The van der Waals surface area contributed by atoms with Crippen molar-refractivity contribution in [3.8, 4) is 0 Å². The maximum atomic E-state index is 11.9. The number of hydrogen-bond acceptors (Lipinski definition) is 4. The fourth-order valence-electron chi connectivity index (χ4n) is 2.39. The lowest BCUT2D eigenvalue weighted by molar-refractivity contribution is 0.0600. The third-order valence-corrected chi connectivity index (χ3v) is 3.86. The molecule has 0 bridgehead atoms. The molecule has 0 aliphatic carbocycles. The standard InChI is InChI=1S/C13H11BrN2O3/c1-19-13(18)7-5-8(14)11-9(6-7)15-12-10(17)3-2-4-16(11)12/h5-6H,2-4H2,1H3. The molecule has 3 rings (SSSR count). The second kappa shape index (κ2) is 4.45. The number of rotatable bonds is 1. The molecule has 1 aromatic heterocycles. The first-order valence-corrected chi connectivity index (χ1v) is 6.72. The van der Waals surface area contributed by atoms with Gasteiger partial charge in [0.25, 0.3) is 0 Å². The fourth-order valence-corrected chi connectivity index (χ4v) is 3.06. The third-order valence-electron chi connectivity index (χ3n) is 3.25. The van der Waals surface area contributed by atoms with Gasteiger partial charge in [-0.25, -0.2) is 9.78 Å². The first-order chi connectivity index (χ1) is 9.11. The number of nitrogens with zero attached hydrogens (tertiary/aromatic N) is 2. The highest BCUT2D eigenvalue weighted by Crippen LogP contribution is 2.30. The van der Waals surface area contributed by atoms with Crippen molar-refractivity contribution in [2.45, 2.75) is 19.4 Å². The number of carbonyl (C=O) groups excluding carboxylic acids is 2. The van der Waals surface area contributed by atoms with Crippen LogP contribution >= 0.6 is 15.9 Å². The summed E-state index contributed by atoms with van der Waals surface area (Å²) in [6, 6.07) is 3.35. The number of ether oxygens (including phenoxy) is 1. The van der Waals surface area contributed by atoms with Crippen molar-refractivity contribution < 1.29 is 14.3 Å².